The highest BCUT2D eigenvalue weighted by Crippen LogP contribution is 2.18. The molecule has 1 rings (SSSR count). The van der Waals surface area contributed by atoms with Gasteiger partial charge in [0.05, 0.1) is 0 Å². The number of carboxylic acids is 1. The molecule has 0 aliphatic rings. The fourth-order valence-electron chi connectivity index (χ4n) is 1.42. The first-order valence-corrected chi connectivity index (χ1v) is 5.61. The molecule has 0 aliphatic carbocycles. The number of nitrogens with one attached hydrogen (secondary N) is 1. The molecule has 0 bridgehead atoms. The summed E-state index contributed by atoms with van der Waals surface area (Å²) in [5.41, 5.74) is 0.882. The van der Waals surface area contributed by atoms with Crippen LogP contribution in [0.3, 0.4) is 0 Å². The van der Waals surface area contributed by atoms with Gasteiger partial charge in [0.2, 0.25) is 5.91 Å². The second-order valence-electron chi connectivity index (χ2n) is 3.81. The van der Waals surface area contributed by atoms with E-state index in [9.17, 15) is 9.59 Å². The Hall–Kier alpha value is -1.55. The second kappa shape index (κ2) is 6.25. The summed E-state index contributed by atoms with van der Waals surface area (Å²) in [6, 6.07) is 7.28. The van der Waals surface area contributed by atoms with Crippen molar-refractivity contribution in [2.75, 3.05) is 6.54 Å². The monoisotopic (exact) mass is 255 g/mol. The van der Waals surface area contributed by atoms with Crippen LogP contribution in [0.25, 0.3) is 0 Å². The Morgan fingerprint density at radius 1 is 1.41 bits per heavy atom. The first-order chi connectivity index (χ1) is 8.00. The van der Waals surface area contributed by atoms with Crippen LogP contribution in [0, 0.1) is 5.92 Å². The molecule has 1 amide bonds. The minimum atomic E-state index is -1.05. The molecular weight excluding hydrogens is 242 g/mol. The summed E-state index contributed by atoms with van der Waals surface area (Å²) in [4.78, 5) is 21.8. The second-order valence-corrected chi connectivity index (χ2v) is 4.22. The zero-order valence-electron chi connectivity index (χ0n) is 9.44. The molecule has 1 aromatic rings. The van der Waals surface area contributed by atoms with Gasteiger partial charge in [-0.3, -0.25) is 9.59 Å². The van der Waals surface area contributed by atoms with Crippen molar-refractivity contribution in [1.82, 2.24) is 5.32 Å². The molecule has 4 nitrogen and oxygen atoms in total. The number of halogens is 1. The Kier molecular flexibility index (Phi) is 4.97. The van der Waals surface area contributed by atoms with E-state index < -0.39 is 5.97 Å². The van der Waals surface area contributed by atoms with Gasteiger partial charge in [0.15, 0.2) is 0 Å². The van der Waals surface area contributed by atoms with Crippen LogP contribution in [0.2, 0.25) is 5.02 Å². The van der Waals surface area contributed by atoms with Gasteiger partial charge in [-0.15, -0.1) is 0 Å². The zero-order chi connectivity index (χ0) is 12.8. The van der Waals surface area contributed by atoms with Crippen molar-refractivity contribution in [3.8, 4) is 0 Å². The standard InChI is InChI=1S/C12H14ClNO3/c1-8(12(17)14-7-11(15)16)6-9-4-2-3-5-10(9)13/h2-5,8H,6-7H2,1H3,(H,14,17)(H,15,16). The van der Waals surface area contributed by atoms with Gasteiger partial charge < -0.3 is 10.4 Å². The van der Waals surface area contributed by atoms with Crippen LogP contribution in [0.1, 0.15) is 12.5 Å². The Morgan fingerprint density at radius 2 is 2.06 bits per heavy atom. The number of hydrogen-bond donors (Lipinski definition) is 2. The highest BCUT2D eigenvalue weighted by molar-refractivity contribution is 6.31. The highest BCUT2D eigenvalue weighted by atomic mass is 35.5. The first-order valence-electron chi connectivity index (χ1n) is 5.23. The predicted molar refractivity (Wildman–Crippen MR) is 65.0 cm³/mol. The molecule has 0 aromatic heterocycles. The van der Waals surface area contributed by atoms with Crippen LogP contribution < -0.4 is 5.32 Å². The van der Waals surface area contributed by atoms with Crippen LogP contribution >= 0.6 is 11.6 Å². The summed E-state index contributed by atoms with van der Waals surface area (Å²) in [5.74, 6) is -1.65. The zero-order valence-corrected chi connectivity index (χ0v) is 10.2. The van der Waals surface area contributed by atoms with Gasteiger partial charge in [-0.25, -0.2) is 0 Å². The lowest BCUT2D eigenvalue weighted by atomic mass is 10.0. The third-order valence-electron chi connectivity index (χ3n) is 2.35. The van der Waals surface area contributed by atoms with Crippen molar-refractivity contribution < 1.29 is 14.7 Å². The summed E-state index contributed by atoms with van der Waals surface area (Å²) >= 11 is 5.97. The van der Waals surface area contributed by atoms with E-state index in [4.69, 9.17) is 16.7 Å². The molecule has 17 heavy (non-hydrogen) atoms. The number of carbonyl (C=O) groups is 2. The van der Waals surface area contributed by atoms with Crippen molar-refractivity contribution in [1.29, 1.82) is 0 Å². The summed E-state index contributed by atoms with van der Waals surface area (Å²) in [6.07, 6.45) is 0.491. The molecule has 1 unspecified atom stereocenters. The number of carbonyl (C=O) groups excluding carboxylic acids is 1. The fraction of sp³-hybridized carbons (Fsp3) is 0.333. The van der Waals surface area contributed by atoms with Crippen molar-refractivity contribution in [3.05, 3.63) is 34.9 Å². The van der Waals surface area contributed by atoms with Gasteiger partial charge in [0.1, 0.15) is 6.54 Å². The lowest BCUT2D eigenvalue weighted by Crippen LogP contribution is -2.34. The third-order valence-corrected chi connectivity index (χ3v) is 2.71. The van der Waals surface area contributed by atoms with E-state index in [-0.39, 0.29) is 18.4 Å². The number of rotatable bonds is 5. The summed E-state index contributed by atoms with van der Waals surface area (Å²) in [5, 5.41) is 11.4. The lowest BCUT2D eigenvalue weighted by molar-refractivity contribution is -0.138. The molecule has 2 N–H and O–H groups in total. The number of benzene rings is 1. The molecule has 1 atom stereocenters. The average molecular weight is 256 g/mol. The largest absolute Gasteiger partial charge is 0.480 e. The van der Waals surface area contributed by atoms with E-state index in [1.54, 1.807) is 13.0 Å². The van der Waals surface area contributed by atoms with Gasteiger partial charge >= 0.3 is 5.97 Å². The van der Waals surface area contributed by atoms with Crippen LogP contribution in [0.5, 0.6) is 0 Å². The summed E-state index contributed by atoms with van der Waals surface area (Å²) in [6.45, 7) is 1.38. The van der Waals surface area contributed by atoms with Gasteiger partial charge in [0.25, 0.3) is 0 Å². The number of hydrogen-bond acceptors (Lipinski definition) is 2. The van der Waals surface area contributed by atoms with E-state index in [1.807, 2.05) is 18.2 Å². The van der Waals surface area contributed by atoms with Crippen LogP contribution in [0.15, 0.2) is 24.3 Å². The Balaban J connectivity index is 2.54. The highest BCUT2D eigenvalue weighted by Gasteiger charge is 2.15. The molecule has 0 radical (unpaired) electrons. The molecule has 5 heteroatoms. The molecule has 92 valence electrons. The average Bonchev–Trinajstić information content (AvgIpc) is 2.28. The maximum absolute atomic E-state index is 11.5. The minimum Gasteiger partial charge on any atom is -0.480 e. The molecule has 0 aliphatic heterocycles. The Labute approximate surface area is 105 Å². The van der Waals surface area contributed by atoms with Gasteiger partial charge in [0, 0.05) is 10.9 Å². The first kappa shape index (κ1) is 13.5. The predicted octanol–water partition coefficient (Wildman–Crippen LogP) is 1.72. The fourth-order valence-corrected chi connectivity index (χ4v) is 1.64. The van der Waals surface area contributed by atoms with E-state index in [0.29, 0.717) is 11.4 Å². The quantitative estimate of drug-likeness (QED) is 0.842. The maximum atomic E-state index is 11.5. The maximum Gasteiger partial charge on any atom is 0.322 e. The van der Waals surface area contributed by atoms with Crippen LogP contribution in [-0.2, 0) is 16.0 Å². The van der Waals surface area contributed by atoms with E-state index in [2.05, 4.69) is 5.32 Å². The molecule has 0 spiro atoms. The normalized spacial score (nSPS) is 11.9. The van der Waals surface area contributed by atoms with Crippen molar-refractivity contribution >= 4 is 23.5 Å². The van der Waals surface area contributed by atoms with Crippen molar-refractivity contribution in [2.45, 2.75) is 13.3 Å². The number of aliphatic carboxylic acids is 1. The SMILES string of the molecule is CC(Cc1ccccc1Cl)C(=O)NCC(=O)O. The third kappa shape index (κ3) is 4.44. The van der Waals surface area contributed by atoms with Crippen LogP contribution in [-0.4, -0.2) is 23.5 Å². The molecular formula is C12H14ClNO3. The number of carboxylic acid groups (broad SMARTS) is 1. The van der Waals surface area contributed by atoms with Gasteiger partial charge in [-0.2, -0.15) is 0 Å². The summed E-state index contributed by atoms with van der Waals surface area (Å²) in [7, 11) is 0. The Bertz CT molecular complexity index is 420. The molecule has 0 fully saturated rings. The molecule has 1 aromatic carbocycles. The van der Waals surface area contributed by atoms with E-state index in [1.165, 1.54) is 0 Å². The minimum absolute atomic E-state index is 0.285. The summed E-state index contributed by atoms with van der Waals surface area (Å²) < 4.78 is 0. The topological polar surface area (TPSA) is 66.4 Å². The Morgan fingerprint density at radius 3 is 2.65 bits per heavy atom. The lowest BCUT2D eigenvalue weighted by Gasteiger charge is -2.11. The van der Waals surface area contributed by atoms with Crippen molar-refractivity contribution in [3.63, 3.8) is 0 Å². The number of amides is 1. The van der Waals surface area contributed by atoms with Gasteiger partial charge in [-0.05, 0) is 18.1 Å². The van der Waals surface area contributed by atoms with Gasteiger partial charge in [-0.1, -0.05) is 36.7 Å². The van der Waals surface area contributed by atoms with E-state index in [0.717, 1.165) is 5.56 Å². The van der Waals surface area contributed by atoms with Crippen LogP contribution in [0.4, 0.5) is 0 Å². The molecule has 0 saturated carbocycles. The molecule has 0 saturated heterocycles. The molecule has 0 heterocycles. The smallest absolute Gasteiger partial charge is 0.322 e. The van der Waals surface area contributed by atoms with Crippen molar-refractivity contribution in [2.24, 2.45) is 5.92 Å². The van der Waals surface area contributed by atoms with E-state index >= 15 is 0 Å².